The summed E-state index contributed by atoms with van der Waals surface area (Å²) in [5, 5.41) is 0. The van der Waals surface area contributed by atoms with Crippen LogP contribution in [0.5, 0.6) is 0 Å². The van der Waals surface area contributed by atoms with Crippen LogP contribution in [0.1, 0.15) is 45.1 Å². The molecule has 0 radical (unpaired) electrons. The van der Waals surface area contributed by atoms with E-state index in [0.717, 1.165) is 25.7 Å². The molecule has 0 unspecified atom stereocenters. The Morgan fingerprint density at radius 2 is 1.69 bits per heavy atom. The summed E-state index contributed by atoms with van der Waals surface area (Å²) in [4.78, 5) is 29.2. The van der Waals surface area contributed by atoms with Crippen LogP contribution in [0.3, 0.4) is 0 Å². The Bertz CT molecular complexity index is 618. The van der Waals surface area contributed by atoms with E-state index in [2.05, 4.69) is 17.0 Å². The highest BCUT2D eigenvalue weighted by Gasteiger charge is 2.38. The Labute approximate surface area is 162 Å². The Hall–Kier alpha value is -1.59. The number of nitrogens with zero attached hydrogens (tertiary/aromatic N) is 2. The van der Waals surface area contributed by atoms with Crippen LogP contribution in [-0.2, 0) is 16.1 Å². The zero-order chi connectivity index (χ0) is 18.0. The van der Waals surface area contributed by atoms with Gasteiger partial charge in [-0.25, -0.2) is 0 Å². The van der Waals surface area contributed by atoms with Gasteiger partial charge in [-0.2, -0.15) is 0 Å². The number of halogens is 1. The highest BCUT2D eigenvalue weighted by molar-refractivity contribution is 5.86. The first-order valence-corrected chi connectivity index (χ1v) is 9.29. The normalized spacial score (nSPS) is 18.2. The highest BCUT2D eigenvalue weighted by atomic mass is 35.5. The van der Waals surface area contributed by atoms with Crippen molar-refractivity contribution in [2.45, 2.75) is 57.7 Å². The predicted molar refractivity (Wildman–Crippen MR) is 105 cm³/mol. The molecule has 6 heteroatoms. The largest absolute Gasteiger partial charge is 0.341 e. The number of piperidine rings is 1. The van der Waals surface area contributed by atoms with Gasteiger partial charge in [0.1, 0.15) is 0 Å². The van der Waals surface area contributed by atoms with Gasteiger partial charge in [0, 0.05) is 31.6 Å². The molecule has 1 aromatic rings. The Kier molecular flexibility index (Phi) is 6.69. The van der Waals surface area contributed by atoms with E-state index in [1.54, 1.807) is 13.8 Å². The molecule has 0 spiro atoms. The van der Waals surface area contributed by atoms with Crippen molar-refractivity contribution >= 4 is 24.2 Å². The van der Waals surface area contributed by atoms with Crippen LogP contribution >= 0.6 is 12.4 Å². The summed E-state index contributed by atoms with van der Waals surface area (Å²) >= 11 is 0. The molecule has 2 N–H and O–H groups in total. The van der Waals surface area contributed by atoms with Crippen LogP contribution in [0, 0.1) is 5.92 Å². The van der Waals surface area contributed by atoms with Crippen LogP contribution in [0.4, 0.5) is 0 Å². The Balaban J connectivity index is 0.00000243. The molecule has 2 aliphatic rings. The van der Waals surface area contributed by atoms with Crippen LogP contribution in [0.25, 0.3) is 0 Å². The minimum Gasteiger partial charge on any atom is -0.341 e. The maximum Gasteiger partial charge on any atom is 0.242 e. The quantitative estimate of drug-likeness (QED) is 0.855. The summed E-state index contributed by atoms with van der Waals surface area (Å²) in [7, 11) is 0. The Morgan fingerprint density at radius 1 is 1.12 bits per heavy atom. The molecule has 0 bridgehead atoms. The number of benzene rings is 1. The molecule has 2 amide bonds. The summed E-state index contributed by atoms with van der Waals surface area (Å²) in [6, 6.07) is 10.6. The molecule has 1 saturated carbocycles. The van der Waals surface area contributed by atoms with Gasteiger partial charge in [0.15, 0.2) is 0 Å². The fourth-order valence-electron chi connectivity index (χ4n) is 3.52. The van der Waals surface area contributed by atoms with Gasteiger partial charge in [-0.05, 0) is 45.1 Å². The topological polar surface area (TPSA) is 66.6 Å². The van der Waals surface area contributed by atoms with Crippen molar-refractivity contribution < 1.29 is 9.59 Å². The molecule has 3 rings (SSSR count). The highest BCUT2D eigenvalue weighted by Crippen LogP contribution is 2.32. The monoisotopic (exact) mass is 379 g/mol. The second kappa shape index (κ2) is 8.40. The first-order chi connectivity index (χ1) is 11.9. The maximum absolute atomic E-state index is 13.1. The van der Waals surface area contributed by atoms with Gasteiger partial charge in [0.25, 0.3) is 0 Å². The molecular formula is C20H30ClN3O2. The van der Waals surface area contributed by atoms with E-state index in [9.17, 15) is 9.59 Å². The second-order valence-corrected chi connectivity index (χ2v) is 7.97. The van der Waals surface area contributed by atoms with E-state index in [1.165, 1.54) is 5.56 Å². The van der Waals surface area contributed by atoms with Crippen molar-refractivity contribution in [1.29, 1.82) is 0 Å². The number of nitrogens with two attached hydrogens (primary N) is 1. The van der Waals surface area contributed by atoms with Crippen molar-refractivity contribution in [3.63, 3.8) is 0 Å². The molecule has 1 heterocycles. The van der Waals surface area contributed by atoms with Crippen molar-refractivity contribution in [2.75, 3.05) is 13.1 Å². The number of amides is 2. The maximum atomic E-state index is 13.1. The van der Waals surface area contributed by atoms with Crippen LogP contribution in [0.15, 0.2) is 30.3 Å². The third kappa shape index (κ3) is 4.98. The minimum atomic E-state index is -0.843. The SMILES string of the molecule is CC(C)(N)C(=O)N1CCC(C(=O)N(Cc2ccccc2)C2CC2)CC1.Cl. The summed E-state index contributed by atoms with van der Waals surface area (Å²) in [6.07, 6.45) is 3.69. The predicted octanol–water partition coefficient (Wildman–Crippen LogP) is 2.58. The summed E-state index contributed by atoms with van der Waals surface area (Å²) < 4.78 is 0. The van der Waals surface area contributed by atoms with E-state index >= 15 is 0 Å². The molecule has 144 valence electrons. The number of rotatable bonds is 5. The summed E-state index contributed by atoms with van der Waals surface area (Å²) in [5.41, 5.74) is 6.26. The standard InChI is InChI=1S/C20H29N3O2.ClH/c1-20(2,21)19(25)22-12-10-16(11-13-22)18(24)23(17-8-9-17)14-15-6-4-3-5-7-15;/h3-7,16-17H,8-14,21H2,1-2H3;1H. The van der Waals surface area contributed by atoms with Crippen molar-refractivity contribution in [2.24, 2.45) is 11.7 Å². The fourth-order valence-corrected chi connectivity index (χ4v) is 3.52. The third-order valence-corrected chi connectivity index (χ3v) is 5.15. The zero-order valence-corrected chi connectivity index (χ0v) is 16.5. The van der Waals surface area contributed by atoms with E-state index in [0.29, 0.717) is 25.7 Å². The summed E-state index contributed by atoms with van der Waals surface area (Å²) in [6.45, 7) is 5.42. The molecule has 5 nitrogen and oxygen atoms in total. The number of carbonyl (C=O) groups excluding carboxylic acids is 2. The molecule has 2 fully saturated rings. The third-order valence-electron chi connectivity index (χ3n) is 5.15. The van der Waals surface area contributed by atoms with Crippen LogP contribution in [0.2, 0.25) is 0 Å². The lowest BCUT2D eigenvalue weighted by Crippen LogP contribution is -2.54. The van der Waals surface area contributed by atoms with Gasteiger partial charge in [0.05, 0.1) is 5.54 Å². The second-order valence-electron chi connectivity index (χ2n) is 7.97. The van der Waals surface area contributed by atoms with Gasteiger partial charge < -0.3 is 15.5 Å². The lowest BCUT2D eigenvalue weighted by Gasteiger charge is -2.37. The molecule has 1 aliphatic carbocycles. The fraction of sp³-hybridized carbons (Fsp3) is 0.600. The molecular weight excluding hydrogens is 350 g/mol. The van der Waals surface area contributed by atoms with Crippen LogP contribution in [-0.4, -0.2) is 46.3 Å². The lowest BCUT2D eigenvalue weighted by atomic mass is 9.93. The molecule has 26 heavy (non-hydrogen) atoms. The smallest absolute Gasteiger partial charge is 0.242 e. The van der Waals surface area contributed by atoms with Gasteiger partial charge in [-0.1, -0.05) is 30.3 Å². The van der Waals surface area contributed by atoms with Gasteiger partial charge in [0.2, 0.25) is 11.8 Å². The van der Waals surface area contributed by atoms with Crippen molar-refractivity contribution in [3.05, 3.63) is 35.9 Å². The average Bonchev–Trinajstić information content (AvgIpc) is 3.43. The lowest BCUT2D eigenvalue weighted by molar-refractivity contribution is -0.143. The summed E-state index contributed by atoms with van der Waals surface area (Å²) in [5.74, 6) is 0.251. The van der Waals surface area contributed by atoms with Gasteiger partial charge in [-0.15, -0.1) is 12.4 Å². The molecule has 1 aliphatic heterocycles. The van der Waals surface area contributed by atoms with E-state index in [-0.39, 0.29) is 30.1 Å². The number of hydrogen-bond acceptors (Lipinski definition) is 3. The number of hydrogen-bond donors (Lipinski definition) is 1. The van der Waals surface area contributed by atoms with Gasteiger partial charge in [-0.3, -0.25) is 9.59 Å². The van der Waals surface area contributed by atoms with E-state index in [4.69, 9.17) is 5.73 Å². The molecule has 1 saturated heterocycles. The Morgan fingerprint density at radius 3 is 2.19 bits per heavy atom. The van der Waals surface area contributed by atoms with E-state index < -0.39 is 5.54 Å². The number of likely N-dealkylation sites (tertiary alicyclic amines) is 1. The first kappa shape index (κ1) is 20.7. The molecule has 1 aromatic carbocycles. The van der Waals surface area contributed by atoms with Crippen molar-refractivity contribution in [1.82, 2.24) is 9.80 Å². The van der Waals surface area contributed by atoms with Crippen molar-refractivity contribution in [3.8, 4) is 0 Å². The first-order valence-electron chi connectivity index (χ1n) is 9.29. The van der Waals surface area contributed by atoms with Crippen LogP contribution < -0.4 is 5.73 Å². The number of carbonyl (C=O) groups is 2. The molecule has 0 atom stereocenters. The minimum absolute atomic E-state index is 0. The molecule has 0 aromatic heterocycles. The average molecular weight is 380 g/mol. The van der Waals surface area contributed by atoms with E-state index in [1.807, 2.05) is 23.1 Å². The zero-order valence-electron chi connectivity index (χ0n) is 15.7. The van der Waals surface area contributed by atoms with Gasteiger partial charge >= 0.3 is 0 Å².